The van der Waals surface area contributed by atoms with Crippen LogP contribution in [0.4, 0.5) is 17.1 Å². The molecule has 0 bridgehead atoms. The zero-order chi connectivity index (χ0) is 37.0. The van der Waals surface area contributed by atoms with Crippen molar-refractivity contribution in [3.8, 4) is 21.6 Å². The summed E-state index contributed by atoms with van der Waals surface area (Å²) in [6.45, 7) is 24.6. The van der Waals surface area contributed by atoms with Crippen molar-refractivity contribution in [1.29, 1.82) is 0 Å². The number of fused-ring (bicyclic) bond motifs is 6. The van der Waals surface area contributed by atoms with E-state index in [0.29, 0.717) is 0 Å². The number of hydrogen-bond acceptors (Lipinski definition) is 2. The number of benzene rings is 5. The molecule has 4 aliphatic rings. The van der Waals surface area contributed by atoms with Crippen LogP contribution in [-0.4, -0.2) is 6.71 Å². The molecular formula is C50H52BNS. The minimum absolute atomic E-state index is 0.102. The van der Waals surface area contributed by atoms with E-state index in [-0.39, 0.29) is 28.4 Å². The third-order valence-corrected chi connectivity index (χ3v) is 15.4. The smallest absolute Gasteiger partial charge is 0.250 e. The molecule has 5 aromatic carbocycles. The summed E-state index contributed by atoms with van der Waals surface area (Å²) in [6, 6.07) is 33.8. The van der Waals surface area contributed by atoms with Crippen LogP contribution >= 0.6 is 11.3 Å². The molecule has 266 valence electrons. The van der Waals surface area contributed by atoms with E-state index >= 15 is 0 Å². The van der Waals surface area contributed by atoms with Gasteiger partial charge in [-0.15, -0.1) is 11.3 Å². The second-order valence-electron chi connectivity index (χ2n) is 19.6. The lowest BCUT2D eigenvalue weighted by Gasteiger charge is -2.47. The molecule has 0 spiro atoms. The van der Waals surface area contributed by atoms with Crippen molar-refractivity contribution in [1.82, 2.24) is 0 Å². The lowest BCUT2D eigenvalue weighted by molar-refractivity contribution is 0.331. The van der Waals surface area contributed by atoms with E-state index in [2.05, 4.69) is 159 Å². The van der Waals surface area contributed by atoms with E-state index in [9.17, 15) is 0 Å². The van der Waals surface area contributed by atoms with Crippen LogP contribution < -0.4 is 21.3 Å². The average Bonchev–Trinajstić information content (AvgIpc) is 3.51. The molecule has 1 nitrogen and oxygen atoms in total. The van der Waals surface area contributed by atoms with Crippen LogP contribution in [0.3, 0.4) is 0 Å². The molecule has 0 N–H and O–H groups in total. The molecule has 10 rings (SSSR count). The number of nitrogens with zero attached hydrogens (tertiary/aromatic N) is 1. The fraction of sp³-hybridized carbons (Fsp3) is 0.360. The molecule has 1 aromatic heterocycles. The van der Waals surface area contributed by atoms with Crippen molar-refractivity contribution in [2.75, 3.05) is 4.90 Å². The Bertz CT molecular complexity index is 2550. The van der Waals surface area contributed by atoms with Gasteiger partial charge in [-0.1, -0.05) is 116 Å². The minimum Gasteiger partial charge on any atom is -0.311 e. The lowest BCUT2D eigenvalue weighted by Crippen LogP contribution is -2.60. The van der Waals surface area contributed by atoms with Gasteiger partial charge in [-0.3, -0.25) is 0 Å². The first-order valence-electron chi connectivity index (χ1n) is 20.0. The molecule has 0 unspecified atom stereocenters. The van der Waals surface area contributed by atoms with Crippen molar-refractivity contribution in [3.05, 3.63) is 118 Å². The molecule has 3 heteroatoms. The number of hydrogen-bond donors (Lipinski definition) is 0. The van der Waals surface area contributed by atoms with Gasteiger partial charge in [-0.05, 0) is 157 Å². The maximum absolute atomic E-state index is 2.72. The van der Waals surface area contributed by atoms with Crippen LogP contribution in [0.15, 0.2) is 84.9 Å². The van der Waals surface area contributed by atoms with Gasteiger partial charge in [0.2, 0.25) is 6.71 Å². The molecule has 6 aromatic rings. The predicted molar refractivity (Wildman–Crippen MR) is 232 cm³/mol. The third kappa shape index (κ3) is 4.62. The third-order valence-electron chi connectivity index (χ3n) is 14.2. The zero-order valence-corrected chi connectivity index (χ0v) is 34.2. The van der Waals surface area contributed by atoms with E-state index in [4.69, 9.17) is 0 Å². The van der Waals surface area contributed by atoms with Crippen molar-refractivity contribution in [2.45, 2.75) is 117 Å². The van der Waals surface area contributed by atoms with E-state index in [1.165, 1.54) is 119 Å². The van der Waals surface area contributed by atoms with Crippen molar-refractivity contribution < 1.29 is 0 Å². The Labute approximate surface area is 321 Å². The van der Waals surface area contributed by atoms with Gasteiger partial charge in [0, 0.05) is 26.6 Å². The summed E-state index contributed by atoms with van der Waals surface area (Å²) in [4.78, 5) is 4.14. The SMILES string of the molecule is Cc1cc2c3c(c1)N(c1cc4c(cc1C)C(C)(C)CCC4(C)C)c1cc4c(cc1B3c1c(-c3ccccc3)sc3cccc-2c13)C(C)(C)CCC4(C)C. The summed E-state index contributed by atoms with van der Waals surface area (Å²) >= 11 is 1.98. The first-order chi connectivity index (χ1) is 25.1. The molecule has 0 radical (unpaired) electrons. The highest BCUT2D eigenvalue weighted by Crippen LogP contribution is 2.53. The highest BCUT2D eigenvalue weighted by Gasteiger charge is 2.47. The quantitative estimate of drug-likeness (QED) is 0.162. The van der Waals surface area contributed by atoms with Gasteiger partial charge in [0.25, 0.3) is 0 Å². The van der Waals surface area contributed by atoms with E-state index in [0.717, 1.165) is 0 Å². The van der Waals surface area contributed by atoms with Crippen molar-refractivity contribution in [2.24, 2.45) is 0 Å². The summed E-state index contributed by atoms with van der Waals surface area (Å²) in [5.41, 5.74) is 21.9. The topological polar surface area (TPSA) is 3.24 Å². The average molecular weight is 710 g/mol. The summed E-state index contributed by atoms with van der Waals surface area (Å²) in [7, 11) is 0. The second-order valence-corrected chi connectivity index (χ2v) is 20.6. The van der Waals surface area contributed by atoms with Gasteiger partial charge in [0.05, 0.1) is 0 Å². The molecule has 0 fully saturated rings. The number of aryl methyl sites for hydroxylation is 2. The Kier molecular flexibility index (Phi) is 6.81. The van der Waals surface area contributed by atoms with Crippen LogP contribution in [0, 0.1) is 13.8 Å². The fourth-order valence-electron chi connectivity index (χ4n) is 10.8. The molecule has 3 heterocycles. The summed E-state index contributed by atoms with van der Waals surface area (Å²) in [5, 5.41) is 1.45. The Morgan fingerprint density at radius 1 is 0.547 bits per heavy atom. The molecule has 53 heavy (non-hydrogen) atoms. The summed E-state index contributed by atoms with van der Waals surface area (Å²) < 4.78 is 1.39. The molecule has 2 aliphatic heterocycles. The van der Waals surface area contributed by atoms with Crippen LogP contribution in [0.5, 0.6) is 0 Å². The molecular weight excluding hydrogens is 657 g/mol. The maximum Gasteiger partial charge on any atom is 0.250 e. The van der Waals surface area contributed by atoms with E-state index in [1.807, 2.05) is 11.3 Å². The van der Waals surface area contributed by atoms with Gasteiger partial charge in [0.1, 0.15) is 0 Å². The van der Waals surface area contributed by atoms with Gasteiger partial charge in [-0.25, -0.2) is 0 Å². The molecule has 2 aliphatic carbocycles. The second kappa shape index (κ2) is 10.8. The fourth-order valence-corrected chi connectivity index (χ4v) is 12.1. The van der Waals surface area contributed by atoms with Crippen LogP contribution in [0.1, 0.15) is 114 Å². The van der Waals surface area contributed by atoms with Crippen LogP contribution in [-0.2, 0) is 21.7 Å². The van der Waals surface area contributed by atoms with E-state index in [1.54, 1.807) is 5.56 Å². The van der Waals surface area contributed by atoms with Gasteiger partial charge in [-0.2, -0.15) is 0 Å². The number of rotatable bonds is 2. The first kappa shape index (κ1) is 33.5. The number of thiophene rings is 1. The highest BCUT2D eigenvalue weighted by atomic mass is 32.1. The minimum atomic E-state index is 0.102. The summed E-state index contributed by atoms with van der Waals surface area (Å²) in [5.74, 6) is 0. The Morgan fingerprint density at radius 2 is 1.13 bits per heavy atom. The zero-order valence-electron chi connectivity index (χ0n) is 33.3. The summed E-state index contributed by atoms with van der Waals surface area (Å²) in [6.07, 6.45) is 4.84. The number of anilines is 3. The Morgan fingerprint density at radius 3 is 1.77 bits per heavy atom. The molecule has 0 atom stereocenters. The van der Waals surface area contributed by atoms with Crippen molar-refractivity contribution in [3.63, 3.8) is 0 Å². The highest BCUT2D eigenvalue weighted by molar-refractivity contribution is 7.26. The largest absolute Gasteiger partial charge is 0.311 e. The van der Waals surface area contributed by atoms with Gasteiger partial charge in [0.15, 0.2) is 0 Å². The standard InChI is InChI=1S/C50H52BNS/c1-29-23-33-32-17-14-18-42-43(32)45(46(53-42)31-15-12-11-13-16-31)51-38-26-35-37(50(9,10)22-20-48(35,5)6)28-40(38)52(41(24-29)44(33)51)39-27-36-34(25-30(39)2)47(3,4)19-21-49(36,7)8/h11-18,23-28H,19-22H2,1-10H3. The monoisotopic (exact) mass is 709 g/mol. The lowest BCUT2D eigenvalue weighted by atomic mass is 9.31. The molecule has 0 saturated carbocycles. The Balaban J connectivity index is 1.36. The van der Waals surface area contributed by atoms with E-state index < -0.39 is 0 Å². The van der Waals surface area contributed by atoms with Gasteiger partial charge < -0.3 is 4.90 Å². The maximum atomic E-state index is 2.72. The normalized spacial score (nSPS) is 19.4. The molecule has 0 saturated heterocycles. The Hall–Kier alpha value is -4.08. The van der Waals surface area contributed by atoms with Crippen LogP contribution in [0.25, 0.3) is 31.7 Å². The first-order valence-corrected chi connectivity index (χ1v) is 20.8. The molecule has 0 amide bonds. The van der Waals surface area contributed by atoms with Crippen LogP contribution in [0.2, 0.25) is 0 Å². The predicted octanol–water partition coefficient (Wildman–Crippen LogP) is 12.2. The van der Waals surface area contributed by atoms with Crippen molar-refractivity contribution >= 4 is 61.6 Å². The van der Waals surface area contributed by atoms with Gasteiger partial charge >= 0.3 is 0 Å².